The summed E-state index contributed by atoms with van der Waals surface area (Å²) in [6.45, 7) is 13.2. The summed E-state index contributed by atoms with van der Waals surface area (Å²) in [4.78, 5) is 12.5. The molecule has 4 aliphatic rings. The molecule has 106 heavy (non-hydrogen) atoms. The van der Waals surface area contributed by atoms with E-state index in [-0.39, 0.29) is 24.3 Å². The number of hydrogen-bond donors (Lipinski definition) is 0. The molecule has 4 heterocycles. The molecule has 506 valence electrons. The third-order valence-electron chi connectivity index (χ3n) is 22.0. The Hall–Kier alpha value is -12.8. The molecule has 8 heteroatoms. The molecule has 0 bridgehead atoms. The van der Waals surface area contributed by atoms with Crippen LogP contribution in [-0.2, 0) is 10.8 Å². The fourth-order valence-electron chi connectivity index (χ4n) is 17.0. The third kappa shape index (κ3) is 10.8. The maximum absolute atomic E-state index is 8.09. The van der Waals surface area contributed by atoms with Crippen molar-refractivity contribution in [3.8, 4) is 44.9 Å². The van der Waals surface area contributed by atoms with Crippen LogP contribution in [0.2, 0.25) is 0 Å². The highest BCUT2D eigenvalue weighted by Gasteiger charge is 2.49. The molecule has 0 saturated heterocycles. The fraction of sp³-hybridized carbons (Fsp3) is 0.0816. The van der Waals surface area contributed by atoms with Crippen molar-refractivity contribution in [2.24, 2.45) is 0 Å². The van der Waals surface area contributed by atoms with E-state index in [4.69, 9.17) is 4.74 Å². The summed E-state index contributed by atoms with van der Waals surface area (Å²) in [5, 5.41) is 0. The molecule has 0 radical (unpaired) electrons. The van der Waals surface area contributed by atoms with Gasteiger partial charge in [-0.1, -0.05) is 290 Å². The normalized spacial score (nSPS) is 13.0. The minimum absolute atomic E-state index is 0.00526. The van der Waals surface area contributed by atoms with Crippen LogP contribution < -0.4 is 62.0 Å². The molecule has 15 aromatic rings. The van der Waals surface area contributed by atoms with Gasteiger partial charge < -0.3 is 29.2 Å². The molecular formula is C98H77B2N5O. The van der Waals surface area contributed by atoms with E-state index in [1.807, 2.05) is 0 Å². The molecule has 0 saturated carbocycles. The van der Waals surface area contributed by atoms with E-state index in [9.17, 15) is 0 Å². The summed E-state index contributed by atoms with van der Waals surface area (Å²) in [5.74, 6) is 1.60. The quantitative estimate of drug-likeness (QED) is 0.113. The number of anilines is 15. The maximum Gasteiger partial charge on any atom is 0.256 e. The van der Waals surface area contributed by atoms with Crippen LogP contribution in [0.4, 0.5) is 85.3 Å². The summed E-state index contributed by atoms with van der Waals surface area (Å²) < 4.78 is 8.09. The predicted octanol–water partition coefficient (Wildman–Crippen LogP) is 22.7. The molecule has 0 aromatic heterocycles. The zero-order chi connectivity index (χ0) is 71.4. The number of ether oxygens (including phenoxy) is 1. The maximum atomic E-state index is 8.09. The summed E-state index contributed by atoms with van der Waals surface area (Å²) in [6.07, 6.45) is 0. The molecule has 6 nitrogen and oxygen atoms in total. The van der Waals surface area contributed by atoms with Gasteiger partial charge in [-0.25, -0.2) is 0 Å². The Balaban J connectivity index is 0.898. The van der Waals surface area contributed by atoms with Crippen molar-refractivity contribution in [1.82, 2.24) is 0 Å². The molecule has 0 unspecified atom stereocenters. The number of hydrogen-bond acceptors (Lipinski definition) is 6. The smallest absolute Gasteiger partial charge is 0.256 e. The first kappa shape index (κ1) is 64.1. The van der Waals surface area contributed by atoms with Gasteiger partial charge in [0.1, 0.15) is 11.5 Å². The molecule has 19 rings (SSSR count). The topological polar surface area (TPSA) is 25.4 Å². The van der Waals surface area contributed by atoms with Crippen molar-refractivity contribution in [2.45, 2.75) is 52.4 Å². The SMILES string of the molecule is CC(C)(C)c1ccc(-c2ccccc2N(c2ccccc2)c2cc3c4c(c2)N(c2ccccc2-c2ccc(C(C)(C)C)cc2)c2ccccc2B4c2cc4c(cc2O3)N(c2ccccc2-c2ccccc2)c2cc(N(c3ccccc3)c3ccccc3)cc3c2B4c2ccccc2N3c2ccccc2)cc1. The van der Waals surface area contributed by atoms with E-state index in [0.717, 1.165) is 141 Å². The first-order valence-corrected chi connectivity index (χ1v) is 37.0. The molecule has 0 amide bonds. The van der Waals surface area contributed by atoms with Gasteiger partial charge in [-0.2, -0.15) is 0 Å². The van der Waals surface area contributed by atoms with E-state index in [0.29, 0.717) is 0 Å². The van der Waals surface area contributed by atoms with Crippen LogP contribution in [0.3, 0.4) is 0 Å². The minimum atomic E-state index is -0.268. The highest BCUT2D eigenvalue weighted by atomic mass is 16.5. The van der Waals surface area contributed by atoms with Crippen molar-refractivity contribution in [1.29, 1.82) is 0 Å². The largest absolute Gasteiger partial charge is 0.458 e. The van der Waals surface area contributed by atoms with Gasteiger partial charge >= 0.3 is 0 Å². The lowest BCUT2D eigenvalue weighted by molar-refractivity contribution is 0.488. The average Bonchev–Trinajstić information content (AvgIpc) is 0.693. The lowest BCUT2D eigenvalue weighted by Crippen LogP contribution is -2.64. The van der Waals surface area contributed by atoms with Gasteiger partial charge in [0.25, 0.3) is 13.4 Å². The molecule has 0 atom stereocenters. The van der Waals surface area contributed by atoms with E-state index < -0.39 is 0 Å². The number of nitrogens with zero attached hydrogens (tertiary/aromatic N) is 5. The van der Waals surface area contributed by atoms with Gasteiger partial charge in [0, 0.05) is 85.7 Å². The highest BCUT2D eigenvalue weighted by Crippen LogP contribution is 2.54. The summed E-state index contributed by atoms with van der Waals surface area (Å²) in [7, 11) is 0. The average molecular weight is 1360 g/mol. The zero-order valence-electron chi connectivity index (χ0n) is 60.4. The molecule has 0 aliphatic carbocycles. The van der Waals surface area contributed by atoms with Crippen LogP contribution in [0, 0.1) is 0 Å². The van der Waals surface area contributed by atoms with Crippen molar-refractivity contribution >= 4 is 132 Å². The van der Waals surface area contributed by atoms with Crippen molar-refractivity contribution in [3.05, 3.63) is 369 Å². The molecule has 0 N–H and O–H groups in total. The summed E-state index contributed by atoms with van der Waals surface area (Å²) in [6, 6.07) is 133. The van der Waals surface area contributed by atoms with Gasteiger partial charge in [0.05, 0.1) is 28.4 Å². The van der Waals surface area contributed by atoms with Crippen LogP contribution in [0.5, 0.6) is 11.5 Å². The number of para-hydroxylation sites is 9. The Bertz CT molecular complexity index is 5820. The van der Waals surface area contributed by atoms with Crippen LogP contribution >= 0.6 is 0 Å². The number of rotatable bonds is 12. The third-order valence-corrected chi connectivity index (χ3v) is 22.0. The van der Waals surface area contributed by atoms with Crippen LogP contribution in [-0.4, -0.2) is 13.4 Å². The van der Waals surface area contributed by atoms with Gasteiger partial charge in [-0.05, 0) is 168 Å². The van der Waals surface area contributed by atoms with E-state index in [1.54, 1.807) is 0 Å². The van der Waals surface area contributed by atoms with Crippen molar-refractivity contribution < 1.29 is 4.74 Å². The second-order valence-electron chi connectivity index (χ2n) is 30.4. The Labute approximate surface area is 623 Å². The highest BCUT2D eigenvalue weighted by molar-refractivity contribution is 7.02. The van der Waals surface area contributed by atoms with Gasteiger partial charge in [-0.3, -0.25) is 0 Å². The minimum Gasteiger partial charge on any atom is -0.458 e. The van der Waals surface area contributed by atoms with E-state index in [2.05, 4.69) is 424 Å². The Morgan fingerprint density at radius 2 is 0.642 bits per heavy atom. The molecular weight excluding hydrogens is 1280 g/mol. The Morgan fingerprint density at radius 1 is 0.255 bits per heavy atom. The van der Waals surface area contributed by atoms with Crippen molar-refractivity contribution in [3.63, 3.8) is 0 Å². The standard InChI is InChI=1S/C98H77B2N5O/c1-97(2,3)69-56-52-67(53-57-69)78-43-22-27-47-84(78)102(73-38-18-10-19-39-73)76-62-92-96-94(63-76)106-93-65-89-82(64-83(93)100(96)81-46-26-31-51-88(81)104(92)85-48-28-24-44-79(85)68-54-58-70(59-55-68)98(4,5)6)99-80-45-25-30-50-87(80)103(74-40-20-11-21-41-74)90-60-75(101(71-34-14-8-15-35-71)72-36-16-9-17-37-72)61-91(95(90)99)105(89)86-49-29-23-42-77(86)66-32-12-7-13-33-66/h7-65H,1-6H3. The first-order valence-electron chi connectivity index (χ1n) is 37.0. The molecule has 15 aromatic carbocycles. The van der Waals surface area contributed by atoms with E-state index in [1.165, 1.54) is 33.0 Å². The lowest BCUT2D eigenvalue weighted by Gasteiger charge is -2.46. The van der Waals surface area contributed by atoms with Crippen molar-refractivity contribution in [2.75, 3.05) is 24.5 Å². The molecule has 0 spiro atoms. The summed E-state index contributed by atoms with van der Waals surface area (Å²) >= 11 is 0. The van der Waals surface area contributed by atoms with Crippen LogP contribution in [0.15, 0.2) is 358 Å². The first-order chi connectivity index (χ1) is 51.9. The number of fused-ring (bicyclic) bond motifs is 8. The molecule has 4 aliphatic heterocycles. The number of benzene rings is 15. The predicted molar refractivity (Wildman–Crippen MR) is 449 cm³/mol. The Kier molecular flexibility index (Phi) is 15.5. The second kappa shape index (κ2) is 25.6. The van der Waals surface area contributed by atoms with E-state index >= 15 is 0 Å². The monoisotopic (exact) mass is 1360 g/mol. The lowest BCUT2D eigenvalue weighted by atomic mass is 9.30. The van der Waals surface area contributed by atoms with Crippen LogP contribution in [0.1, 0.15) is 52.7 Å². The summed E-state index contributed by atoms with van der Waals surface area (Å²) in [5.41, 5.74) is 32.3. The zero-order valence-corrected chi connectivity index (χ0v) is 60.4. The fourth-order valence-corrected chi connectivity index (χ4v) is 17.0. The molecule has 0 fully saturated rings. The van der Waals surface area contributed by atoms with Gasteiger partial charge in [0.2, 0.25) is 0 Å². The second-order valence-corrected chi connectivity index (χ2v) is 30.4. The van der Waals surface area contributed by atoms with Gasteiger partial charge in [-0.15, -0.1) is 0 Å². The Morgan fingerprint density at radius 3 is 1.18 bits per heavy atom. The van der Waals surface area contributed by atoms with Gasteiger partial charge in [0.15, 0.2) is 0 Å². The van der Waals surface area contributed by atoms with Crippen LogP contribution in [0.25, 0.3) is 33.4 Å².